The molecule has 7 heteroatoms. The van der Waals surface area contributed by atoms with Crippen LogP contribution in [0.15, 0.2) is 71.9 Å². The van der Waals surface area contributed by atoms with Crippen molar-refractivity contribution in [3.05, 3.63) is 94.8 Å². The summed E-state index contributed by atoms with van der Waals surface area (Å²) in [6.07, 6.45) is 2.17. The molecule has 0 unspecified atom stereocenters. The molecule has 0 radical (unpaired) electrons. The molecule has 0 saturated carbocycles. The number of para-hydroxylation sites is 1. The fraction of sp³-hybridized carbons (Fsp3) is 0.276. The lowest BCUT2D eigenvalue weighted by Gasteiger charge is -2.13. The van der Waals surface area contributed by atoms with E-state index in [4.69, 9.17) is 4.74 Å². The number of hydrogen-bond acceptors (Lipinski definition) is 5. The van der Waals surface area contributed by atoms with Crippen molar-refractivity contribution in [3.8, 4) is 11.4 Å². The van der Waals surface area contributed by atoms with Crippen molar-refractivity contribution >= 4 is 23.4 Å². The minimum Gasteiger partial charge on any atom is -0.486 e. The van der Waals surface area contributed by atoms with Gasteiger partial charge in [-0.05, 0) is 68.1 Å². The molecule has 186 valence electrons. The molecule has 0 aliphatic carbocycles. The summed E-state index contributed by atoms with van der Waals surface area (Å²) in [6, 6.07) is 22.2. The number of ether oxygens (including phenoxy) is 1. The molecule has 0 bridgehead atoms. The molecule has 6 nitrogen and oxygen atoms in total. The van der Waals surface area contributed by atoms with Crippen molar-refractivity contribution in [2.75, 3.05) is 11.1 Å². The molecule has 0 atom stereocenters. The van der Waals surface area contributed by atoms with E-state index in [0.717, 1.165) is 41.1 Å². The quantitative estimate of drug-likeness (QED) is 0.253. The van der Waals surface area contributed by atoms with E-state index >= 15 is 0 Å². The van der Waals surface area contributed by atoms with Crippen LogP contribution in [-0.2, 0) is 17.8 Å². The van der Waals surface area contributed by atoms with E-state index in [1.165, 1.54) is 22.9 Å². The van der Waals surface area contributed by atoms with Crippen LogP contribution in [0.1, 0.15) is 41.4 Å². The number of nitrogens with zero attached hydrogens (tertiary/aromatic N) is 3. The first-order valence-corrected chi connectivity index (χ1v) is 13.1. The molecule has 36 heavy (non-hydrogen) atoms. The number of aromatic nitrogens is 3. The minimum atomic E-state index is -0.0809. The summed E-state index contributed by atoms with van der Waals surface area (Å²) in [6.45, 7) is 8.52. The van der Waals surface area contributed by atoms with Gasteiger partial charge in [0.15, 0.2) is 11.0 Å². The summed E-state index contributed by atoms with van der Waals surface area (Å²) in [5, 5.41) is 12.5. The zero-order chi connectivity index (χ0) is 25.5. The number of carbonyl (C=O) groups excluding carboxylic acids is 1. The van der Waals surface area contributed by atoms with Crippen LogP contribution < -0.4 is 10.1 Å². The molecule has 1 amide bonds. The Balaban J connectivity index is 1.48. The first kappa shape index (κ1) is 25.5. The fourth-order valence-corrected chi connectivity index (χ4v) is 4.97. The number of anilines is 1. The Morgan fingerprint density at radius 3 is 2.33 bits per heavy atom. The highest BCUT2D eigenvalue weighted by Gasteiger charge is 2.17. The highest BCUT2D eigenvalue weighted by atomic mass is 32.2. The molecular formula is C29H32N4O2S. The van der Waals surface area contributed by atoms with Crippen molar-refractivity contribution < 1.29 is 9.53 Å². The predicted octanol–water partition coefficient (Wildman–Crippen LogP) is 6.45. The van der Waals surface area contributed by atoms with E-state index < -0.39 is 0 Å². The van der Waals surface area contributed by atoms with Gasteiger partial charge in [-0.3, -0.25) is 9.36 Å². The van der Waals surface area contributed by atoms with E-state index in [-0.39, 0.29) is 18.3 Å². The normalized spacial score (nSPS) is 10.9. The lowest BCUT2D eigenvalue weighted by Crippen LogP contribution is -2.16. The Morgan fingerprint density at radius 2 is 1.67 bits per heavy atom. The Hall–Kier alpha value is -3.58. The lowest BCUT2D eigenvalue weighted by molar-refractivity contribution is -0.113. The second-order valence-electron chi connectivity index (χ2n) is 8.86. The Labute approximate surface area is 217 Å². The Kier molecular flexibility index (Phi) is 8.44. The van der Waals surface area contributed by atoms with Gasteiger partial charge in [0, 0.05) is 11.4 Å². The van der Waals surface area contributed by atoms with Crippen LogP contribution in [0, 0.1) is 20.8 Å². The molecule has 0 aliphatic heterocycles. The molecule has 3 aromatic carbocycles. The molecule has 1 heterocycles. The van der Waals surface area contributed by atoms with Gasteiger partial charge in [-0.25, -0.2) is 0 Å². The Bertz CT molecular complexity index is 1290. The zero-order valence-electron chi connectivity index (χ0n) is 21.2. The largest absolute Gasteiger partial charge is 0.486 e. The fourth-order valence-electron chi connectivity index (χ4n) is 4.20. The maximum atomic E-state index is 12.8. The first-order chi connectivity index (χ1) is 17.4. The topological polar surface area (TPSA) is 69.0 Å². The van der Waals surface area contributed by atoms with Gasteiger partial charge in [0.25, 0.3) is 0 Å². The van der Waals surface area contributed by atoms with Crippen LogP contribution in [-0.4, -0.2) is 26.4 Å². The van der Waals surface area contributed by atoms with Crippen LogP contribution in [0.2, 0.25) is 0 Å². The van der Waals surface area contributed by atoms with Crippen molar-refractivity contribution in [2.45, 2.75) is 52.3 Å². The van der Waals surface area contributed by atoms with Crippen molar-refractivity contribution in [1.29, 1.82) is 0 Å². The van der Waals surface area contributed by atoms with Crippen molar-refractivity contribution in [3.63, 3.8) is 0 Å². The first-order valence-electron chi connectivity index (χ1n) is 12.2. The van der Waals surface area contributed by atoms with E-state index in [1.807, 2.05) is 60.9 Å². The van der Waals surface area contributed by atoms with E-state index in [1.54, 1.807) is 0 Å². The van der Waals surface area contributed by atoms with Crippen molar-refractivity contribution in [1.82, 2.24) is 14.8 Å². The third-order valence-electron chi connectivity index (χ3n) is 5.82. The number of hydrogen-bond donors (Lipinski definition) is 1. The van der Waals surface area contributed by atoms with Gasteiger partial charge in [-0.15, -0.1) is 10.2 Å². The van der Waals surface area contributed by atoms with Gasteiger partial charge in [-0.2, -0.15) is 0 Å². The molecule has 4 aromatic rings. The summed E-state index contributed by atoms with van der Waals surface area (Å²) in [5.74, 6) is 1.60. The van der Waals surface area contributed by atoms with Gasteiger partial charge in [0.1, 0.15) is 12.4 Å². The molecule has 1 N–H and O–H groups in total. The molecule has 1 aromatic heterocycles. The molecule has 0 aliphatic rings. The summed E-state index contributed by atoms with van der Waals surface area (Å²) in [5.41, 5.74) is 6.38. The van der Waals surface area contributed by atoms with E-state index in [0.29, 0.717) is 11.0 Å². The standard InChI is InChI=1S/C29H32N4O2S/c1-5-9-23-12-14-25(15-13-23)35-18-26-31-32-29(33(26)24-10-7-6-8-11-24)36-19-27(34)30-28-21(3)16-20(2)17-22(28)4/h6-8,10-17H,5,9,18-19H2,1-4H3,(H,30,34). The van der Waals surface area contributed by atoms with Crippen LogP contribution in [0.3, 0.4) is 0 Å². The minimum absolute atomic E-state index is 0.0809. The predicted molar refractivity (Wildman–Crippen MR) is 146 cm³/mol. The average molecular weight is 501 g/mol. The molecule has 0 saturated heterocycles. The monoisotopic (exact) mass is 500 g/mol. The summed E-state index contributed by atoms with van der Waals surface area (Å²) < 4.78 is 7.98. The maximum absolute atomic E-state index is 12.8. The summed E-state index contributed by atoms with van der Waals surface area (Å²) in [7, 11) is 0. The van der Waals surface area contributed by atoms with Crippen LogP contribution in [0.5, 0.6) is 5.75 Å². The number of benzene rings is 3. The number of nitrogens with one attached hydrogen (secondary N) is 1. The number of rotatable bonds is 10. The molecule has 0 fully saturated rings. The third-order valence-corrected chi connectivity index (χ3v) is 6.75. The summed E-state index contributed by atoms with van der Waals surface area (Å²) in [4.78, 5) is 12.8. The number of aryl methyl sites for hydroxylation is 4. The summed E-state index contributed by atoms with van der Waals surface area (Å²) >= 11 is 1.36. The number of amides is 1. The van der Waals surface area contributed by atoms with Gasteiger partial charge >= 0.3 is 0 Å². The van der Waals surface area contributed by atoms with Gasteiger partial charge in [0.05, 0.1) is 5.75 Å². The van der Waals surface area contributed by atoms with Crippen LogP contribution in [0.4, 0.5) is 5.69 Å². The van der Waals surface area contributed by atoms with Crippen molar-refractivity contribution in [2.24, 2.45) is 0 Å². The highest BCUT2D eigenvalue weighted by molar-refractivity contribution is 7.99. The zero-order valence-corrected chi connectivity index (χ0v) is 22.1. The highest BCUT2D eigenvalue weighted by Crippen LogP contribution is 2.25. The molecule has 0 spiro atoms. The lowest BCUT2D eigenvalue weighted by atomic mass is 10.1. The van der Waals surface area contributed by atoms with E-state index in [2.05, 4.69) is 53.6 Å². The number of carbonyl (C=O) groups is 1. The average Bonchev–Trinajstić information content (AvgIpc) is 3.28. The second kappa shape index (κ2) is 11.9. The third kappa shape index (κ3) is 6.34. The van der Waals surface area contributed by atoms with Gasteiger partial charge in [0.2, 0.25) is 5.91 Å². The van der Waals surface area contributed by atoms with Crippen LogP contribution >= 0.6 is 11.8 Å². The van der Waals surface area contributed by atoms with Gasteiger partial charge < -0.3 is 10.1 Å². The molecule has 4 rings (SSSR count). The number of thioether (sulfide) groups is 1. The smallest absolute Gasteiger partial charge is 0.234 e. The second-order valence-corrected chi connectivity index (χ2v) is 9.81. The van der Waals surface area contributed by atoms with Gasteiger partial charge in [-0.1, -0.05) is 73.1 Å². The van der Waals surface area contributed by atoms with E-state index in [9.17, 15) is 4.79 Å². The SMILES string of the molecule is CCCc1ccc(OCc2nnc(SCC(=O)Nc3c(C)cc(C)cc3C)n2-c2ccccc2)cc1. The Morgan fingerprint density at radius 1 is 0.972 bits per heavy atom. The maximum Gasteiger partial charge on any atom is 0.234 e. The van der Waals surface area contributed by atoms with Crippen LogP contribution in [0.25, 0.3) is 5.69 Å². The molecular weight excluding hydrogens is 468 g/mol.